The second-order valence-corrected chi connectivity index (χ2v) is 5.42. The van der Waals surface area contributed by atoms with Gasteiger partial charge in [-0.1, -0.05) is 12.8 Å². The maximum absolute atomic E-state index is 8.93. The highest BCUT2D eigenvalue weighted by molar-refractivity contribution is 4.92. The molecule has 16 heavy (non-hydrogen) atoms. The summed E-state index contributed by atoms with van der Waals surface area (Å²) in [5.74, 6) is 0. The van der Waals surface area contributed by atoms with Crippen LogP contribution in [0.15, 0.2) is 0 Å². The highest BCUT2D eigenvalue weighted by Crippen LogP contribution is 2.30. The van der Waals surface area contributed by atoms with Gasteiger partial charge in [-0.15, -0.1) is 0 Å². The molecule has 1 heterocycles. The molecule has 0 amide bonds. The van der Waals surface area contributed by atoms with Gasteiger partial charge in [-0.25, -0.2) is 0 Å². The van der Waals surface area contributed by atoms with Crippen LogP contribution < -0.4 is 5.73 Å². The minimum absolute atomic E-state index is 0.334. The summed E-state index contributed by atoms with van der Waals surface area (Å²) in [6.45, 7) is 1.57. The van der Waals surface area contributed by atoms with Gasteiger partial charge in [0, 0.05) is 24.7 Å². The Labute approximate surface area is 99.0 Å². The van der Waals surface area contributed by atoms with Crippen molar-refractivity contribution in [3.8, 4) is 0 Å². The molecule has 3 nitrogen and oxygen atoms in total. The van der Waals surface area contributed by atoms with E-state index in [9.17, 15) is 0 Å². The van der Waals surface area contributed by atoms with Crippen molar-refractivity contribution in [2.75, 3.05) is 13.2 Å². The third-order valence-corrected chi connectivity index (χ3v) is 4.33. The van der Waals surface area contributed by atoms with Gasteiger partial charge >= 0.3 is 0 Å². The van der Waals surface area contributed by atoms with Gasteiger partial charge in [0.2, 0.25) is 0 Å². The van der Waals surface area contributed by atoms with Gasteiger partial charge in [0.15, 0.2) is 0 Å². The van der Waals surface area contributed by atoms with Crippen LogP contribution in [0.2, 0.25) is 0 Å². The lowest BCUT2D eigenvalue weighted by Gasteiger charge is -2.39. The molecule has 3 heteroatoms. The first-order valence-electron chi connectivity index (χ1n) is 6.95. The molecule has 1 aliphatic carbocycles. The Kier molecular flexibility index (Phi) is 4.62. The van der Waals surface area contributed by atoms with Crippen LogP contribution in [0.3, 0.4) is 0 Å². The van der Waals surface area contributed by atoms with E-state index in [0.717, 1.165) is 12.8 Å². The minimum atomic E-state index is 0.334. The summed E-state index contributed by atoms with van der Waals surface area (Å²) < 4.78 is 0. The molecule has 94 valence electrons. The zero-order chi connectivity index (χ0) is 11.4. The van der Waals surface area contributed by atoms with E-state index in [1.54, 1.807) is 0 Å². The van der Waals surface area contributed by atoms with Crippen molar-refractivity contribution >= 4 is 0 Å². The standard InChI is InChI=1S/C13H26N2O/c14-12-7-1-2-8-13(12)15-9-3-5-11(15)6-4-10-16/h11-13,16H,1-10,14H2. The number of aliphatic hydroxyl groups excluding tert-OH is 1. The van der Waals surface area contributed by atoms with Crippen LogP contribution >= 0.6 is 0 Å². The maximum atomic E-state index is 8.93. The summed E-state index contributed by atoms with van der Waals surface area (Å²) in [6, 6.07) is 1.71. The van der Waals surface area contributed by atoms with Crippen LogP contribution in [-0.4, -0.2) is 41.3 Å². The van der Waals surface area contributed by atoms with E-state index in [0.29, 0.717) is 24.7 Å². The smallest absolute Gasteiger partial charge is 0.0431 e. The predicted molar refractivity (Wildman–Crippen MR) is 66.3 cm³/mol. The third-order valence-electron chi connectivity index (χ3n) is 4.33. The van der Waals surface area contributed by atoms with Crippen molar-refractivity contribution in [1.29, 1.82) is 0 Å². The molecule has 0 bridgehead atoms. The van der Waals surface area contributed by atoms with Gasteiger partial charge in [0.1, 0.15) is 0 Å². The van der Waals surface area contributed by atoms with Gasteiger partial charge in [-0.05, 0) is 45.1 Å². The Morgan fingerprint density at radius 1 is 1.12 bits per heavy atom. The van der Waals surface area contributed by atoms with E-state index in [4.69, 9.17) is 10.8 Å². The normalized spacial score (nSPS) is 36.8. The lowest BCUT2D eigenvalue weighted by Crippen LogP contribution is -2.51. The second kappa shape index (κ2) is 5.99. The fraction of sp³-hybridized carbons (Fsp3) is 1.00. The van der Waals surface area contributed by atoms with Crippen molar-refractivity contribution < 1.29 is 5.11 Å². The van der Waals surface area contributed by atoms with E-state index >= 15 is 0 Å². The zero-order valence-corrected chi connectivity index (χ0v) is 10.3. The molecule has 0 radical (unpaired) electrons. The molecule has 2 fully saturated rings. The molecule has 0 aromatic heterocycles. The minimum Gasteiger partial charge on any atom is -0.396 e. The lowest BCUT2D eigenvalue weighted by atomic mass is 9.89. The first kappa shape index (κ1) is 12.3. The molecule has 3 atom stereocenters. The lowest BCUT2D eigenvalue weighted by molar-refractivity contribution is 0.115. The summed E-state index contributed by atoms with van der Waals surface area (Å²) in [5, 5.41) is 8.93. The van der Waals surface area contributed by atoms with E-state index in [1.807, 2.05) is 0 Å². The van der Waals surface area contributed by atoms with Gasteiger partial charge in [-0.2, -0.15) is 0 Å². The molecule has 2 rings (SSSR count). The van der Waals surface area contributed by atoms with E-state index in [1.165, 1.54) is 45.1 Å². The number of nitrogens with two attached hydrogens (primary N) is 1. The highest BCUT2D eigenvalue weighted by atomic mass is 16.2. The van der Waals surface area contributed by atoms with Crippen molar-refractivity contribution in [2.45, 2.75) is 69.5 Å². The maximum Gasteiger partial charge on any atom is 0.0431 e. The predicted octanol–water partition coefficient (Wildman–Crippen LogP) is 1.49. The first-order chi connectivity index (χ1) is 7.83. The highest BCUT2D eigenvalue weighted by Gasteiger charge is 2.34. The Bertz CT molecular complexity index is 210. The Morgan fingerprint density at radius 3 is 2.69 bits per heavy atom. The van der Waals surface area contributed by atoms with E-state index in [2.05, 4.69) is 4.90 Å². The van der Waals surface area contributed by atoms with Crippen molar-refractivity contribution in [3.63, 3.8) is 0 Å². The summed E-state index contributed by atoms with van der Waals surface area (Å²) >= 11 is 0. The van der Waals surface area contributed by atoms with Gasteiger partial charge in [0.25, 0.3) is 0 Å². The largest absolute Gasteiger partial charge is 0.396 e. The first-order valence-corrected chi connectivity index (χ1v) is 6.95. The molecule has 1 aliphatic heterocycles. The fourth-order valence-electron chi connectivity index (χ4n) is 3.48. The van der Waals surface area contributed by atoms with Crippen molar-refractivity contribution in [3.05, 3.63) is 0 Å². The molecule has 3 unspecified atom stereocenters. The number of nitrogens with zero attached hydrogens (tertiary/aromatic N) is 1. The molecule has 3 N–H and O–H groups in total. The Morgan fingerprint density at radius 2 is 1.94 bits per heavy atom. The van der Waals surface area contributed by atoms with Crippen LogP contribution in [0.1, 0.15) is 51.4 Å². The molecule has 0 aromatic carbocycles. The summed E-state index contributed by atoms with van der Waals surface area (Å²) in [7, 11) is 0. The van der Waals surface area contributed by atoms with Crippen LogP contribution in [0.5, 0.6) is 0 Å². The molecule has 2 aliphatic rings. The van der Waals surface area contributed by atoms with Crippen molar-refractivity contribution in [1.82, 2.24) is 4.90 Å². The quantitative estimate of drug-likeness (QED) is 0.763. The molecular weight excluding hydrogens is 200 g/mol. The summed E-state index contributed by atoms with van der Waals surface area (Å²) in [4.78, 5) is 2.65. The fourth-order valence-corrected chi connectivity index (χ4v) is 3.48. The van der Waals surface area contributed by atoms with Gasteiger partial charge < -0.3 is 10.8 Å². The molecule has 1 saturated heterocycles. The number of rotatable bonds is 4. The van der Waals surface area contributed by atoms with Crippen LogP contribution in [0.4, 0.5) is 0 Å². The van der Waals surface area contributed by atoms with Crippen molar-refractivity contribution in [2.24, 2.45) is 5.73 Å². The average molecular weight is 226 g/mol. The molecule has 0 aromatic rings. The van der Waals surface area contributed by atoms with Gasteiger partial charge in [-0.3, -0.25) is 4.90 Å². The second-order valence-electron chi connectivity index (χ2n) is 5.42. The molecular formula is C13H26N2O. The Balaban J connectivity index is 1.90. The Hall–Kier alpha value is -0.120. The molecule has 0 spiro atoms. The number of likely N-dealkylation sites (tertiary alicyclic amines) is 1. The number of hydrogen-bond donors (Lipinski definition) is 2. The topological polar surface area (TPSA) is 49.5 Å². The number of hydrogen-bond acceptors (Lipinski definition) is 3. The third kappa shape index (κ3) is 2.76. The van der Waals surface area contributed by atoms with E-state index in [-0.39, 0.29) is 0 Å². The summed E-state index contributed by atoms with van der Waals surface area (Å²) in [5.41, 5.74) is 6.26. The van der Waals surface area contributed by atoms with Crippen LogP contribution in [-0.2, 0) is 0 Å². The van der Waals surface area contributed by atoms with Crippen LogP contribution in [0, 0.1) is 0 Å². The summed E-state index contributed by atoms with van der Waals surface area (Å²) in [6.07, 6.45) is 9.88. The number of aliphatic hydroxyl groups is 1. The monoisotopic (exact) mass is 226 g/mol. The van der Waals surface area contributed by atoms with E-state index < -0.39 is 0 Å². The zero-order valence-electron chi connectivity index (χ0n) is 10.3. The molecule has 1 saturated carbocycles. The van der Waals surface area contributed by atoms with Crippen LogP contribution in [0.25, 0.3) is 0 Å². The van der Waals surface area contributed by atoms with Gasteiger partial charge in [0.05, 0.1) is 0 Å². The average Bonchev–Trinajstić information content (AvgIpc) is 2.75. The SMILES string of the molecule is NC1CCCCC1N1CCCC1CCCO.